The van der Waals surface area contributed by atoms with Gasteiger partial charge in [-0.05, 0) is 55.5 Å². The first-order chi connectivity index (χ1) is 11.7. The largest absolute Gasteiger partial charge is 0.316 e. The van der Waals surface area contributed by atoms with Crippen LogP contribution < -0.4 is 4.80 Å². The molecule has 0 spiro atoms. The molecule has 24 heavy (non-hydrogen) atoms. The monoisotopic (exact) mass is 356 g/mol. The third-order valence-corrected chi connectivity index (χ3v) is 5.80. The van der Waals surface area contributed by atoms with Crippen LogP contribution in [0.5, 0.6) is 0 Å². The van der Waals surface area contributed by atoms with Gasteiger partial charge in [0.2, 0.25) is 0 Å². The fourth-order valence-corrected chi connectivity index (χ4v) is 4.30. The van der Waals surface area contributed by atoms with E-state index in [-0.39, 0.29) is 5.91 Å². The summed E-state index contributed by atoms with van der Waals surface area (Å²) in [4.78, 5) is 18.9. The lowest BCUT2D eigenvalue weighted by Gasteiger charge is -2.05. The second kappa shape index (κ2) is 7.36. The van der Waals surface area contributed by atoms with Crippen LogP contribution in [0.3, 0.4) is 0 Å². The average molecular weight is 357 g/mol. The van der Waals surface area contributed by atoms with Crippen molar-refractivity contribution in [3.63, 3.8) is 0 Å². The smallest absolute Gasteiger partial charge is 0.279 e. The molecule has 0 N–H and O–H groups in total. The molecule has 1 amide bonds. The first kappa shape index (κ1) is 17.0. The van der Waals surface area contributed by atoms with Crippen LogP contribution in [-0.4, -0.2) is 16.7 Å². The van der Waals surface area contributed by atoms with Gasteiger partial charge in [0.1, 0.15) is 0 Å². The number of amides is 1. The molecule has 0 radical (unpaired) electrons. The van der Waals surface area contributed by atoms with Gasteiger partial charge >= 0.3 is 0 Å². The van der Waals surface area contributed by atoms with Gasteiger partial charge in [0.15, 0.2) is 4.80 Å². The van der Waals surface area contributed by atoms with Gasteiger partial charge in [0.25, 0.3) is 5.91 Å². The number of thiazole rings is 1. The number of hydrogen-bond donors (Lipinski definition) is 0. The van der Waals surface area contributed by atoms with Gasteiger partial charge in [0.05, 0.1) is 10.2 Å². The molecular weight excluding hydrogens is 336 g/mol. The fraction of sp³-hybridized carbons (Fsp3) is 0.263. The first-order valence-corrected chi connectivity index (χ1v) is 10.1. The SMILES string of the molecule is CCc1cccc2sc(=NC(=O)c3ccc(SC)cc3)n(CC)c12. The summed E-state index contributed by atoms with van der Waals surface area (Å²) in [6.07, 6.45) is 2.99. The molecule has 0 aliphatic carbocycles. The van der Waals surface area contributed by atoms with Gasteiger partial charge < -0.3 is 4.57 Å². The molecule has 0 unspecified atom stereocenters. The maximum atomic E-state index is 12.5. The molecule has 2 aromatic carbocycles. The van der Waals surface area contributed by atoms with Crippen LogP contribution in [0, 0.1) is 0 Å². The van der Waals surface area contributed by atoms with Crippen LogP contribution in [0.15, 0.2) is 52.4 Å². The number of fused-ring (bicyclic) bond motifs is 1. The molecule has 0 saturated carbocycles. The predicted octanol–water partition coefficient (Wildman–Crippen LogP) is 4.75. The van der Waals surface area contributed by atoms with E-state index in [9.17, 15) is 4.79 Å². The van der Waals surface area contributed by atoms with E-state index in [1.807, 2.05) is 30.5 Å². The van der Waals surface area contributed by atoms with Crippen molar-refractivity contribution in [1.29, 1.82) is 0 Å². The normalized spacial score (nSPS) is 12.0. The summed E-state index contributed by atoms with van der Waals surface area (Å²) in [5, 5.41) is 0. The minimum absolute atomic E-state index is 0.186. The van der Waals surface area contributed by atoms with Crippen LogP contribution in [0.25, 0.3) is 10.2 Å². The number of carbonyl (C=O) groups excluding carboxylic acids is 1. The Kier molecular flexibility index (Phi) is 5.21. The number of thioether (sulfide) groups is 1. The predicted molar refractivity (Wildman–Crippen MR) is 103 cm³/mol. The van der Waals surface area contributed by atoms with Crippen LogP contribution in [0.1, 0.15) is 29.8 Å². The molecule has 0 aliphatic rings. The second-order valence-corrected chi connectivity index (χ2v) is 7.28. The lowest BCUT2D eigenvalue weighted by atomic mass is 10.1. The van der Waals surface area contributed by atoms with Crippen molar-refractivity contribution in [3.05, 3.63) is 58.4 Å². The summed E-state index contributed by atoms with van der Waals surface area (Å²) >= 11 is 3.24. The third kappa shape index (κ3) is 3.19. The number of carbonyl (C=O) groups is 1. The van der Waals surface area contributed by atoms with Crippen molar-refractivity contribution < 1.29 is 4.79 Å². The van der Waals surface area contributed by atoms with E-state index in [1.54, 1.807) is 23.1 Å². The van der Waals surface area contributed by atoms with E-state index in [4.69, 9.17) is 0 Å². The molecule has 0 aliphatic heterocycles. The molecule has 0 atom stereocenters. The van der Waals surface area contributed by atoms with E-state index in [1.165, 1.54) is 15.8 Å². The zero-order valence-corrected chi connectivity index (χ0v) is 15.7. The minimum Gasteiger partial charge on any atom is -0.316 e. The summed E-state index contributed by atoms with van der Waals surface area (Å²) in [6, 6.07) is 13.9. The molecule has 5 heteroatoms. The number of aromatic nitrogens is 1. The summed E-state index contributed by atoms with van der Waals surface area (Å²) in [6.45, 7) is 5.05. The van der Waals surface area contributed by atoms with Gasteiger partial charge in [-0.2, -0.15) is 4.99 Å². The van der Waals surface area contributed by atoms with Crippen molar-refractivity contribution >= 4 is 39.2 Å². The van der Waals surface area contributed by atoms with Crippen LogP contribution >= 0.6 is 23.1 Å². The molecule has 3 aromatic rings. The number of rotatable bonds is 4. The number of hydrogen-bond acceptors (Lipinski definition) is 3. The third-order valence-electron chi connectivity index (χ3n) is 4.02. The van der Waals surface area contributed by atoms with Gasteiger partial charge in [0, 0.05) is 17.0 Å². The summed E-state index contributed by atoms with van der Waals surface area (Å²) in [5.41, 5.74) is 3.13. The summed E-state index contributed by atoms with van der Waals surface area (Å²) < 4.78 is 3.33. The number of benzene rings is 2. The zero-order valence-electron chi connectivity index (χ0n) is 14.1. The molecule has 0 fully saturated rings. The minimum atomic E-state index is -0.186. The van der Waals surface area contributed by atoms with Gasteiger partial charge in [-0.3, -0.25) is 4.79 Å². The molecular formula is C19H20N2OS2. The van der Waals surface area contributed by atoms with E-state index in [2.05, 4.69) is 41.6 Å². The molecule has 3 nitrogen and oxygen atoms in total. The Balaban J connectivity index is 2.10. The Labute approximate surface area is 150 Å². The maximum absolute atomic E-state index is 12.5. The summed E-state index contributed by atoms with van der Waals surface area (Å²) in [5.74, 6) is -0.186. The van der Waals surface area contributed by atoms with Crippen LogP contribution in [0.4, 0.5) is 0 Å². The van der Waals surface area contributed by atoms with Crippen molar-refractivity contribution in [1.82, 2.24) is 4.57 Å². The van der Waals surface area contributed by atoms with Gasteiger partial charge in [-0.25, -0.2) is 0 Å². The van der Waals surface area contributed by atoms with E-state index in [0.717, 1.165) is 22.7 Å². The summed E-state index contributed by atoms with van der Waals surface area (Å²) in [7, 11) is 0. The standard InChI is InChI=1S/C19H20N2OS2/c1-4-13-7-6-8-16-17(13)21(5-2)19(24-16)20-18(22)14-9-11-15(23-3)12-10-14/h6-12H,4-5H2,1-3H3. The molecule has 0 bridgehead atoms. The van der Waals surface area contributed by atoms with Crippen molar-refractivity contribution in [2.24, 2.45) is 4.99 Å². The zero-order chi connectivity index (χ0) is 17.1. The highest BCUT2D eigenvalue weighted by Crippen LogP contribution is 2.22. The molecule has 124 valence electrons. The first-order valence-electron chi connectivity index (χ1n) is 8.02. The highest BCUT2D eigenvalue weighted by Gasteiger charge is 2.10. The van der Waals surface area contributed by atoms with Crippen molar-refractivity contribution in [3.8, 4) is 0 Å². The Hall–Kier alpha value is -1.85. The Morgan fingerprint density at radius 1 is 1.17 bits per heavy atom. The Morgan fingerprint density at radius 2 is 1.92 bits per heavy atom. The van der Waals surface area contributed by atoms with Crippen LogP contribution in [0.2, 0.25) is 0 Å². The molecule has 1 heterocycles. The van der Waals surface area contributed by atoms with Crippen molar-refractivity contribution in [2.75, 3.05) is 6.26 Å². The molecule has 3 rings (SSSR count). The number of nitrogens with zero attached hydrogens (tertiary/aromatic N) is 2. The van der Waals surface area contributed by atoms with Crippen LogP contribution in [-0.2, 0) is 13.0 Å². The number of aryl methyl sites for hydroxylation is 2. The topological polar surface area (TPSA) is 34.4 Å². The van der Waals surface area contributed by atoms with E-state index < -0.39 is 0 Å². The van der Waals surface area contributed by atoms with Crippen molar-refractivity contribution in [2.45, 2.75) is 31.7 Å². The Morgan fingerprint density at radius 3 is 2.54 bits per heavy atom. The lowest BCUT2D eigenvalue weighted by Crippen LogP contribution is -2.16. The molecule has 0 saturated heterocycles. The van der Waals surface area contributed by atoms with E-state index in [0.29, 0.717) is 5.56 Å². The average Bonchev–Trinajstić information content (AvgIpc) is 2.98. The fourth-order valence-electron chi connectivity index (χ4n) is 2.75. The maximum Gasteiger partial charge on any atom is 0.279 e. The van der Waals surface area contributed by atoms with Gasteiger partial charge in [-0.1, -0.05) is 30.4 Å². The quantitative estimate of drug-likeness (QED) is 0.632. The highest BCUT2D eigenvalue weighted by molar-refractivity contribution is 7.98. The lowest BCUT2D eigenvalue weighted by molar-refractivity contribution is 0.0998. The van der Waals surface area contributed by atoms with Gasteiger partial charge in [-0.15, -0.1) is 11.8 Å². The Bertz CT molecular complexity index is 936. The number of para-hydroxylation sites is 1. The second-order valence-electron chi connectivity index (χ2n) is 5.39. The highest BCUT2D eigenvalue weighted by atomic mass is 32.2. The molecule has 1 aromatic heterocycles. The van der Waals surface area contributed by atoms with E-state index >= 15 is 0 Å².